The minimum atomic E-state index is -0.270. The van der Waals surface area contributed by atoms with Crippen molar-refractivity contribution < 1.29 is 14.3 Å². The van der Waals surface area contributed by atoms with Crippen molar-refractivity contribution in [2.24, 2.45) is 0 Å². The number of anilines is 1. The predicted octanol–water partition coefficient (Wildman–Crippen LogP) is 4.08. The molecule has 2 aromatic rings. The van der Waals surface area contributed by atoms with Gasteiger partial charge in [-0.3, -0.25) is 0 Å². The van der Waals surface area contributed by atoms with Crippen LogP contribution in [0.15, 0.2) is 34.7 Å². The van der Waals surface area contributed by atoms with Crippen LogP contribution in [0.4, 0.5) is 10.5 Å². The van der Waals surface area contributed by atoms with Gasteiger partial charge in [0.25, 0.3) is 0 Å². The summed E-state index contributed by atoms with van der Waals surface area (Å²) in [7, 11) is 0. The molecule has 0 radical (unpaired) electrons. The van der Waals surface area contributed by atoms with E-state index in [4.69, 9.17) is 4.42 Å². The van der Waals surface area contributed by atoms with Gasteiger partial charge in [-0.15, -0.1) is 0 Å². The number of nitrogens with zero attached hydrogens (tertiary/aromatic N) is 1. The van der Waals surface area contributed by atoms with Crippen LogP contribution in [0, 0.1) is 13.8 Å². The second-order valence-corrected chi connectivity index (χ2v) is 7.29. The van der Waals surface area contributed by atoms with E-state index in [1.807, 2.05) is 49.1 Å². The Balaban J connectivity index is 1.55. The van der Waals surface area contributed by atoms with Gasteiger partial charge >= 0.3 is 6.03 Å². The van der Waals surface area contributed by atoms with Gasteiger partial charge in [-0.1, -0.05) is 12.1 Å². The number of aliphatic hydroxyl groups is 1. The number of piperidine rings is 1. The summed E-state index contributed by atoms with van der Waals surface area (Å²) in [6.45, 7) is 3.91. The lowest BCUT2D eigenvalue weighted by Gasteiger charge is -2.37. The highest BCUT2D eigenvalue weighted by Crippen LogP contribution is 2.36. The monoisotopic (exact) mass is 340 g/mol. The summed E-state index contributed by atoms with van der Waals surface area (Å²) >= 11 is 0. The van der Waals surface area contributed by atoms with Crippen molar-refractivity contribution in [3.05, 3.63) is 41.7 Å². The minimum absolute atomic E-state index is 0.0599. The molecule has 0 saturated carbocycles. The second kappa shape index (κ2) is 6.23. The molecule has 5 nitrogen and oxygen atoms in total. The minimum Gasteiger partial charge on any atom is -0.461 e. The van der Waals surface area contributed by atoms with Crippen LogP contribution in [0.3, 0.4) is 0 Å². The van der Waals surface area contributed by atoms with Crippen molar-refractivity contribution in [3.8, 4) is 11.3 Å². The molecule has 0 aliphatic carbocycles. The molecule has 2 amide bonds. The van der Waals surface area contributed by atoms with Gasteiger partial charge < -0.3 is 19.7 Å². The lowest BCUT2D eigenvalue weighted by Crippen LogP contribution is -2.49. The number of hydrogen-bond donors (Lipinski definition) is 2. The Kier molecular flexibility index (Phi) is 4.04. The lowest BCUT2D eigenvalue weighted by molar-refractivity contribution is 0.0580. The molecule has 3 heterocycles. The summed E-state index contributed by atoms with van der Waals surface area (Å²) in [4.78, 5) is 14.8. The van der Waals surface area contributed by atoms with Gasteiger partial charge in [0, 0.05) is 23.3 Å². The van der Waals surface area contributed by atoms with Gasteiger partial charge in [0.1, 0.15) is 11.5 Å². The number of amides is 2. The number of fused-ring (bicyclic) bond motifs is 2. The maximum Gasteiger partial charge on any atom is 0.322 e. The fourth-order valence-corrected chi connectivity index (χ4v) is 4.16. The summed E-state index contributed by atoms with van der Waals surface area (Å²) < 4.78 is 5.69. The lowest BCUT2D eigenvalue weighted by atomic mass is 10.0. The Hall–Kier alpha value is -2.27. The predicted molar refractivity (Wildman–Crippen MR) is 96.5 cm³/mol. The van der Waals surface area contributed by atoms with E-state index >= 15 is 0 Å². The molecule has 2 N–H and O–H groups in total. The SMILES string of the molecule is Cc1ccc(-c2ccc(C)c(NC(=O)N3[C@H]4CC[C@H]3CC(O)C4)c2)o1. The van der Waals surface area contributed by atoms with E-state index in [-0.39, 0.29) is 24.2 Å². The van der Waals surface area contributed by atoms with Crippen LogP contribution in [0.5, 0.6) is 0 Å². The maximum absolute atomic E-state index is 12.8. The van der Waals surface area contributed by atoms with Gasteiger partial charge in [0.05, 0.1) is 6.10 Å². The number of carbonyl (C=O) groups excluding carboxylic acids is 1. The quantitative estimate of drug-likeness (QED) is 0.865. The standard InChI is InChI=1S/C20H24N2O3/c1-12-3-5-14(19-8-4-13(2)25-19)9-18(12)21-20(24)22-15-6-7-16(22)11-17(23)10-15/h3-5,8-9,15-17,23H,6-7,10-11H2,1-2H3,(H,21,24)/t15-,16-/m0/s1. The van der Waals surface area contributed by atoms with Crippen molar-refractivity contribution in [2.75, 3.05) is 5.32 Å². The molecule has 132 valence electrons. The van der Waals surface area contributed by atoms with E-state index in [2.05, 4.69) is 5.32 Å². The highest BCUT2D eigenvalue weighted by Gasteiger charge is 2.42. The van der Waals surface area contributed by atoms with Crippen molar-refractivity contribution in [2.45, 2.75) is 57.7 Å². The topological polar surface area (TPSA) is 65.7 Å². The first-order valence-electron chi connectivity index (χ1n) is 8.96. The summed E-state index contributed by atoms with van der Waals surface area (Å²) in [6, 6.07) is 10.1. The van der Waals surface area contributed by atoms with Crippen molar-refractivity contribution >= 4 is 11.7 Å². The molecule has 0 unspecified atom stereocenters. The largest absolute Gasteiger partial charge is 0.461 e. The van der Waals surface area contributed by atoms with Crippen LogP contribution in [0.2, 0.25) is 0 Å². The highest BCUT2D eigenvalue weighted by molar-refractivity contribution is 5.91. The van der Waals surface area contributed by atoms with E-state index in [1.165, 1.54) is 0 Å². The molecule has 0 spiro atoms. The zero-order valence-corrected chi connectivity index (χ0v) is 14.7. The average Bonchev–Trinajstić information content (AvgIpc) is 3.11. The van der Waals surface area contributed by atoms with Crippen molar-refractivity contribution in [3.63, 3.8) is 0 Å². The molecule has 25 heavy (non-hydrogen) atoms. The Morgan fingerprint density at radius 1 is 1.16 bits per heavy atom. The Morgan fingerprint density at radius 3 is 2.52 bits per heavy atom. The van der Waals surface area contributed by atoms with Crippen LogP contribution in [0.25, 0.3) is 11.3 Å². The van der Waals surface area contributed by atoms with Crippen LogP contribution in [-0.2, 0) is 0 Å². The molecule has 5 heteroatoms. The molecule has 1 aromatic carbocycles. The molecule has 2 saturated heterocycles. The summed E-state index contributed by atoms with van der Waals surface area (Å²) in [5.41, 5.74) is 2.78. The molecule has 2 atom stereocenters. The number of aryl methyl sites for hydroxylation is 2. The maximum atomic E-state index is 12.8. The van der Waals surface area contributed by atoms with Gasteiger partial charge in [0.2, 0.25) is 0 Å². The zero-order valence-electron chi connectivity index (χ0n) is 14.7. The van der Waals surface area contributed by atoms with E-state index < -0.39 is 0 Å². The molecular weight excluding hydrogens is 316 g/mol. The van der Waals surface area contributed by atoms with E-state index in [9.17, 15) is 9.90 Å². The highest BCUT2D eigenvalue weighted by atomic mass is 16.3. The second-order valence-electron chi connectivity index (χ2n) is 7.29. The number of nitrogens with one attached hydrogen (secondary N) is 1. The van der Waals surface area contributed by atoms with Gasteiger partial charge in [0.15, 0.2) is 0 Å². The van der Waals surface area contributed by atoms with Crippen LogP contribution in [-0.4, -0.2) is 34.2 Å². The molecule has 2 aliphatic rings. The smallest absolute Gasteiger partial charge is 0.322 e. The number of furan rings is 1. The molecule has 2 bridgehead atoms. The summed E-state index contributed by atoms with van der Waals surface area (Å²) in [5.74, 6) is 1.67. The Bertz CT molecular complexity index is 784. The first-order valence-corrected chi connectivity index (χ1v) is 8.96. The molecule has 2 aliphatic heterocycles. The van der Waals surface area contributed by atoms with Gasteiger partial charge in [-0.25, -0.2) is 4.79 Å². The fourth-order valence-electron chi connectivity index (χ4n) is 4.16. The Morgan fingerprint density at radius 2 is 1.88 bits per heavy atom. The number of rotatable bonds is 2. The van der Waals surface area contributed by atoms with E-state index in [1.54, 1.807) is 0 Å². The number of carbonyl (C=O) groups is 1. The van der Waals surface area contributed by atoms with E-state index in [0.717, 1.165) is 41.2 Å². The fraction of sp³-hybridized carbons (Fsp3) is 0.450. The van der Waals surface area contributed by atoms with Gasteiger partial charge in [-0.2, -0.15) is 0 Å². The first-order chi connectivity index (χ1) is 12.0. The van der Waals surface area contributed by atoms with Crippen LogP contribution in [0.1, 0.15) is 37.0 Å². The zero-order chi connectivity index (χ0) is 17.6. The Labute approximate surface area is 147 Å². The first kappa shape index (κ1) is 16.2. The molecule has 2 fully saturated rings. The third kappa shape index (κ3) is 3.04. The summed E-state index contributed by atoms with van der Waals surface area (Å²) in [6.07, 6.45) is 3.08. The number of benzene rings is 1. The van der Waals surface area contributed by atoms with Crippen LogP contribution < -0.4 is 5.32 Å². The van der Waals surface area contributed by atoms with E-state index in [0.29, 0.717) is 12.8 Å². The van der Waals surface area contributed by atoms with Crippen molar-refractivity contribution in [1.82, 2.24) is 4.90 Å². The van der Waals surface area contributed by atoms with Crippen LogP contribution >= 0.6 is 0 Å². The third-order valence-electron chi connectivity index (χ3n) is 5.45. The summed E-state index contributed by atoms with van der Waals surface area (Å²) in [5, 5.41) is 13.0. The average molecular weight is 340 g/mol. The number of aliphatic hydroxyl groups excluding tert-OH is 1. The third-order valence-corrected chi connectivity index (χ3v) is 5.45. The molecule has 4 rings (SSSR count). The number of hydrogen-bond acceptors (Lipinski definition) is 3. The molecule has 1 aromatic heterocycles. The van der Waals surface area contributed by atoms with Crippen molar-refractivity contribution in [1.29, 1.82) is 0 Å². The van der Waals surface area contributed by atoms with Gasteiger partial charge in [-0.05, 0) is 63.3 Å². The normalized spacial score (nSPS) is 25.2. The number of urea groups is 1. The molecular formula is C20H24N2O3.